The topological polar surface area (TPSA) is 19.4 Å². The average molecular weight is 1930 g/mol. The minimum absolute atomic E-state index is 0.0207. The van der Waals surface area contributed by atoms with Crippen molar-refractivity contribution in [3.63, 3.8) is 0 Å². The molecule has 0 saturated heterocycles. The highest BCUT2D eigenvalue weighted by Gasteiger charge is 2.61. The number of unbranched alkanes of at least 4 members (excludes halogenated alkanes) is 2. The van der Waals surface area contributed by atoms with E-state index < -0.39 is 24.7 Å². The fraction of sp³-hybridized carbons (Fsp3) is 0.500. The van der Waals surface area contributed by atoms with Gasteiger partial charge in [0.2, 0.25) is 0 Å². The second kappa shape index (κ2) is 40.0. The first-order chi connectivity index (χ1) is 67.0. The number of benzene rings is 9. The molecule has 0 aliphatic heterocycles. The molecule has 141 heavy (non-hydrogen) atoms. The number of allylic oxidation sites excluding steroid dienone is 12. The van der Waals surface area contributed by atoms with Crippen molar-refractivity contribution in [2.75, 3.05) is 14.7 Å². The molecule has 11 atom stereocenters. The molecular formula is C132H176N6Si3. The van der Waals surface area contributed by atoms with Gasteiger partial charge >= 0.3 is 0 Å². The van der Waals surface area contributed by atoms with Crippen molar-refractivity contribution in [2.24, 2.45) is 47.3 Å². The lowest BCUT2D eigenvalue weighted by molar-refractivity contribution is 0.121. The lowest BCUT2D eigenvalue weighted by Crippen LogP contribution is -2.67. The van der Waals surface area contributed by atoms with Gasteiger partial charge in [-0.2, -0.15) is 0 Å². The summed E-state index contributed by atoms with van der Waals surface area (Å²) in [4.78, 5) is 7.28. The van der Waals surface area contributed by atoms with E-state index in [-0.39, 0.29) is 38.4 Å². The molecule has 0 bridgehead atoms. The summed E-state index contributed by atoms with van der Waals surface area (Å²) in [5.41, 5.74) is 32.3. The standard InChI is InChI=1S/C47H66N2Si.C43H56N2Si.C42H54N2Si/c1-12-14-28-47(29-15-13-2)42-32-38(48(36-22-18-16-19-23-36)37-24-20-17-21-25-37)26-27-39(42)41-31-35-30-34(3)44(40(35)33-43(41)47)50(10,11)49(45(4,5)6)46(7,8)9;1-30-26-31-27-38-36-25-24-35(44(32-18-12-9-13-19-32)33-20-14-10-15-21-33)28-39(36)43(5,6)40(38)29-37(31)41(30)46(7,8)45(42(2,3)4)34-22-16-11-17-23-34;1-41(2,3)44(33-21-15-10-16-22-33)45(6,7)40-26-23-30-27-37-35-25-24-34(28-38(35)42(4,5)39(37)29-36(30)40)43(31-17-11-8-12-18-31)32-19-13-9-14-20-32/h16-27,31-35,40,44H,12-15,28-30H2,1-11H3;9-10,12-15,18-21,24-25,27-31,34,37,41H,11,16-17,22-23,26H2,1-8H3;8-9,11-14,17-20,24-25,27-30,33,36,40H,10,15-16,21-23,26H2,1-7H3. The van der Waals surface area contributed by atoms with Gasteiger partial charge < -0.3 is 28.4 Å². The summed E-state index contributed by atoms with van der Waals surface area (Å²) in [6, 6.07) is 88.8. The van der Waals surface area contributed by atoms with Crippen molar-refractivity contribution in [3.05, 3.63) is 323 Å². The van der Waals surface area contributed by atoms with E-state index in [9.17, 15) is 0 Å². The predicted octanol–water partition coefficient (Wildman–Crippen LogP) is 37.7. The molecule has 0 aromatic heterocycles. The number of anilines is 9. The van der Waals surface area contributed by atoms with Gasteiger partial charge in [0.05, 0.1) is 0 Å². The summed E-state index contributed by atoms with van der Waals surface area (Å²) in [5.74, 6) is 5.32. The van der Waals surface area contributed by atoms with Crippen LogP contribution in [0.25, 0.3) is 16.7 Å². The van der Waals surface area contributed by atoms with Crippen molar-refractivity contribution in [2.45, 2.75) is 373 Å². The van der Waals surface area contributed by atoms with Gasteiger partial charge in [0.1, 0.15) is 24.7 Å². The zero-order chi connectivity index (χ0) is 100. The highest BCUT2D eigenvalue weighted by molar-refractivity contribution is 6.77. The Morgan fingerprint density at radius 2 is 0.610 bits per heavy atom. The van der Waals surface area contributed by atoms with Gasteiger partial charge in [-0.3, -0.25) is 0 Å². The molecule has 9 aromatic carbocycles. The van der Waals surface area contributed by atoms with Crippen molar-refractivity contribution in [1.29, 1.82) is 0 Å². The van der Waals surface area contributed by atoms with Crippen molar-refractivity contribution in [1.82, 2.24) is 13.7 Å². The summed E-state index contributed by atoms with van der Waals surface area (Å²) < 4.78 is 9.24. The Labute approximate surface area is 858 Å². The fourth-order valence-electron chi connectivity index (χ4n) is 32.9. The SMILES string of the molecule is CC1(C)C2=CC3C(C=C2c2ccc(N(c4ccccc4)c4ccccc4)cc21)CCC3[Si](C)(C)N(C1CCCCC1)C(C)(C)C.CC1CC2C=C3C(=CC2C1[Si](C)(C)N(C1CCCCC1)C(C)(C)C)C(C)(C)c1cc(N(c2ccccc2)c2ccccc2)ccc13.CCCCC1(CCCC)C2=CC3C(C=C2c2ccc(N(c4ccccc4)c4ccccc4)cc21)CC(C)C3[Si](C)(C)N(C(C)(C)C)C(C)(C)C. The minimum atomic E-state index is -1.91. The molecule has 9 aromatic rings. The summed E-state index contributed by atoms with van der Waals surface area (Å²) >= 11 is 0. The van der Waals surface area contributed by atoms with Crippen LogP contribution < -0.4 is 14.7 Å². The van der Waals surface area contributed by atoms with Gasteiger partial charge in [0, 0.05) is 102 Å². The third kappa shape index (κ3) is 19.3. The van der Waals surface area contributed by atoms with E-state index in [1.807, 2.05) is 0 Å². The Morgan fingerprint density at radius 3 is 0.950 bits per heavy atom. The number of para-hydroxylation sites is 6. The maximum atomic E-state index is 3.13. The van der Waals surface area contributed by atoms with Crippen LogP contribution in [0.2, 0.25) is 55.9 Å². The first-order valence-corrected chi connectivity index (χ1v) is 65.0. The molecule has 6 nitrogen and oxygen atoms in total. The van der Waals surface area contributed by atoms with Gasteiger partial charge in [-0.15, -0.1) is 0 Å². The van der Waals surface area contributed by atoms with Crippen LogP contribution in [-0.2, 0) is 16.2 Å². The molecule has 0 amide bonds. The second-order valence-corrected chi connectivity index (χ2v) is 65.3. The summed E-state index contributed by atoms with van der Waals surface area (Å²) in [5, 5.41) is 0. The van der Waals surface area contributed by atoms with E-state index in [0.717, 1.165) is 40.5 Å². The number of fused-ring (bicyclic) bond motifs is 12. The first kappa shape index (κ1) is 102. The van der Waals surface area contributed by atoms with Crippen LogP contribution in [0.5, 0.6) is 0 Å². The molecule has 20 rings (SSSR count). The maximum absolute atomic E-state index is 3.13. The van der Waals surface area contributed by atoms with E-state index in [2.05, 4.69) is 479 Å². The largest absolute Gasteiger partial charge is 0.316 e. The van der Waals surface area contributed by atoms with E-state index in [1.165, 1.54) is 219 Å². The van der Waals surface area contributed by atoms with Crippen LogP contribution in [0.15, 0.2) is 290 Å². The zero-order valence-corrected chi connectivity index (χ0v) is 94.8. The van der Waals surface area contributed by atoms with Crippen LogP contribution in [0, 0.1) is 47.3 Å². The molecule has 0 heterocycles. The number of nitrogens with zero attached hydrogens (tertiary/aromatic N) is 6. The lowest BCUT2D eigenvalue weighted by Gasteiger charge is -2.57. The third-order valence-electron chi connectivity index (χ3n) is 36.6. The smallest absolute Gasteiger partial charge is 0.127 e. The number of hydrogen-bond acceptors (Lipinski definition) is 6. The highest BCUT2D eigenvalue weighted by atomic mass is 28.3. The molecular weight excluding hydrogens is 1750 g/mol. The maximum Gasteiger partial charge on any atom is 0.127 e. The van der Waals surface area contributed by atoms with Gasteiger partial charge in [0.25, 0.3) is 0 Å². The second-order valence-electron chi connectivity index (χ2n) is 51.9. The molecule has 0 radical (unpaired) electrons. The monoisotopic (exact) mass is 1930 g/mol. The Balaban J connectivity index is 0.000000140. The van der Waals surface area contributed by atoms with E-state index in [1.54, 1.807) is 27.9 Å². The van der Waals surface area contributed by atoms with Gasteiger partial charge in [-0.1, -0.05) is 329 Å². The van der Waals surface area contributed by atoms with Crippen LogP contribution in [0.3, 0.4) is 0 Å². The third-order valence-corrected chi connectivity index (χ3v) is 51.3. The lowest BCUT2D eigenvalue weighted by atomic mass is 9.68. The Kier molecular flexibility index (Phi) is 29.0. The fourth-order valence-corrected chi connectivity index (χ4v) is 50.9. The van der Waals surface area contributed by atoms with E-state index in [0.29, 0.717) is 35.5 Å². The Hall–Kier alpha value is -8.65. The molecule has 5 saturated carbocycles. The van der Waals surface area contributed by atoms with Crippen LogP contribution >= 0.6 is 0 Å². The molecule has 11 aliphatic carbocycles. The van der Waals surface area contributed by atoms with E-state index >= 15 is 0 Å². The molecule has 9 heteroatoms. The summed E-state index contributed by atoms with van der Waals surface area (Å²) in [7, 11) is -5.47. The van der Waals surface area contributed by atoms with Gasteiger partial charge in [0.15, 0.2) is 0 Å². The van der Waals surface area contributed by atoms with Crippen LogP contribution in [0.1, 0.15) is 300 Å². The van der Waals surface area contributed by atoms with Crippen LogP contribution in [0.4, 0.5) is 51.2 Å². The number of hydrogen-bond donors (Lipinski definition) is 0. The molecule has 5 fully saturated rings. The average Bonchev–Trinajstić information content (AvgIpc) is 1.56. The van der Waals surface area contributed by atoms with Gasteiger partial charge in [-0.05, 0) is 381 Å². The Morgan fingerprint density at radius 1 is 0.305 bits per heavy atom. The highest BCUT2D eigenvalue weighted by Crippen LogP contribution is 2.68. The Bertz CT molecular complexity index is 5930. The number of rotatable bonds is 23. The normalized spacial score (nSPS) is 24.4. The predicted molar refractivity (Wildman–Crippen MR) is 618 cm³/mol. The van der Waals surface area contributed by atoms with Gasteiger partial charge in [-0.25, -0.2) is 0 Å². The summed E-state index contributed by atoms with van der Waals surface area (Å²) in [6.45, 7) is 66.1. The van der Waals surface area contributed by atoms with Crippen molar-refractivity contribution >= 4 is 92.6 Å². The van der Waals surface area contributed by atoms with Crippen molar-refractivity contribution < 1.29 is 0 Å². The van der Waals surface area contributed by atoms with E-state index in [4.69, 9.17) is 0 Å². The molecule has 746 valence electrons. The summed E-state index contributed by atoms with van der Waals surface area (Å²) in [6.07, 6.45) is 43.6. The minimum Gasteiger partial charge on any atom is -0.316 e. The first-order valence-electron chi connectivity index (χ1n) is 55.9. The quantitative estimate of drug-likeness (QED) is 0.0590. The molecule has 0 spiro atoms. The van der Waals surface area contributed by atoms with Crippen molar-refractivity contribution in [3.8, 4) is 0 Å². The zero-order valence-electron chi connectivity index (χ0n) is 91.8. The molecule has 0 N–H and O–H groups in total. The molecule has 11 aliphatic rings. The molecule has 11 unspecified atom stereocenters. The van der Waals surface area contributed by atoms with Crippen LogP contribution in [-0.4, -0.2) is 72.6 Å².